The Morgan fingerprint density at radius 2 is 2.30 bits per heavy atom. The topological polar surface area (TPSA) is 50.4 Å². The minimum atomic E-state index is 0.00351. The van der Waals surface area contributed by atoms with Gasteiger partial charge in [0.05, 0.1) is 18.1 Å². The van der Waals surface area contributed by atoms with Gasteiger partial charge in [0.15, 0.2) is 0 Å². The Morgan fingerprint density at radius 1 is 1.45 bits per heavy atom. The molecule has 0 spiro atoms. The first-order valence-electron chi connectivity index (χ1n) is 6.73. The number of hydrogen-bond donors (Lipinski definition) is 2. The molecule has 110 valence electrons. The van der Waals surface area contributed by atoms with Crippen molar-refractivity contribution in [1.29, 1.82) is 0 Å². The van der Waals surface area contributed by atoms with E-state index in [2.05, 4.69) is 10.6 Å². The summed E-state index contributed by atoms with van der Waals surface area (Å²) in [5.74, 6) is 0.548. The van der Waals surface area contributed by atoms with Crippen LogP contribution in [-0.4, -0.2) is 31.6 Å². The Balaban J connectivity index is 1.70. The summed E-state index contributed by atoms with van der Waals surface area (Å²) in [6, 6.07) is 5.26. The third-order valence-electron chi connectivity index (χ3n) is 3.14. The highest BCUT2D eigenvalue weighted by atomic mass is 35.5. The van der Waals surface area contributed by atoms with Crippen LogP contribution in [0.4, 0.5) is 0 Å². The standard InChI is InChI=1S/C14H18Cl2N2O2/c15-10-3-4-13(12(16)8-10)20-7-5-14(19)18-11-2-1-6-17-9-11/h3-4,8,11,17H,1-2,5-7,9H2,(H,18,19). The second-order valence-electron chi connectivity index (χ2n) is 4.78. The van der Waals surface area contributed by atoms with E-state index in [9.17, 15) is 4.79 Å². The van der Waals surface area contributed by atoms with E-state index in [-0.39, 0.29) is 11.9 Å². The smallest absolute Gasteiger partial charge is 0.223 e. The van der Waals surface area contributed by atoms with Crippen LogP contribution in [0.5, 0.6) is 5.75 Å². The summed E-state index contributed by atoms with van der Waals surface area (Å²) < 4.78 is 5.48. The summed E-state index contributed by atoms with van der Waals surface area (Å²) in [6.07, 6.45) is 2.44. The second-order valence-corrected chi connectivity index (χ2v) is 5.63. The molecule has 1 saturated heterocycles. The maximum Gasteiger partial charge on any atom is 0.223 e. The molecule has 20 heavy (non-hydrogen) atoms. The molecular weight excluding hydrogens is 299 g/mol. The molecule has 0 saturated carbocycles. The van der Waals surface area contributed by atoms with Crippen LogP contribution in [-0.2, 0) is 4.79 Å². The summed E-state index contributed by atoms with van der Waals surface area (Å²) in [5, 5.41) is 7.27. The highest BCUT2D eigenvalue weighted by molar-refractivity contribution is 6.35. The molecule has 0 aliphatic carbocycles. The minimum Gasteiger partial charge on any atom is -0.491 e. The Bertz CT molecular complexity index is 462. The lowest BCUT2D eigenvalue weighted by Gasteiger charge is -2.23. The molecule has 1 unspecified atom stereocenters. The van der Waals surface area contributed by atoms with Crippen LogP contribution < -0.4 is 15.4 Å². The van der Waals surface area contributed by atoms with Crippen molar-refractivity contribution >= 4 is 29.1 Å². The molecule has 0 radical (unpaired) electrons. The summed E-state index contributed by atoms with van der Waals surface area (Å²) in [6.45, 7) is 2.17. The number of halogens is 2. The number of nitrogens with one attached hydrogen (secondary N) is 2. The van der Waals surface area contributed by atoms with E-state index in [1.54, 1.807) is 18.2 Å². The first-order chi connectivity index (χ1) is 9.65. The van der Waals surface area contributed by atoms with Gasteiger partial charge in [-0.3, -0.25) is 4.79 Å². The van der Waals surface area contributed by atoms with E-state index in [0.717, 1.165) is 25.9 Å². The fraction of sp³-hybridized carbons (Fsp3) is 0.500. The van der Waals surface area contributed by atoms with Gasteiger partial charge in [-0.2, -0.15) is 0 Å². The minimum absolute atomic E-state index is 0.00351. The summed E-state index contributed by atoms with van der Waals surface area (Å²) >= 11 is 11.8. The van der Waals surface area contributed by atoms with Crippen molar-refractivity contribution < 1.29 is 9.53 Å². The number of benzene rings is 1. The van der Waals surface area contributed by atoms with Gasteiger partial charge in [0.2, 0.25) is 5.91 Å². The molecule has 2 rings (SSSR count). The normalized spacial score (nSPS) is 18.6. The zero-order chi connectivity index (χ0) is 14.4. The van der Waals surface area contributed by atoms with E-state index >= 15 is 0 Å². The van der Waals surface area contributed by atoms with Gasteiger partial charge in [0, 0.05) is 17.6 Å². The third kappa shape index (κ3) is 4.85. The molecule has 4 nitrogen and oxygen atoms in total. The molecule has 1 aliphatic rings. The quantitative estimate of drug-likeness (QED) is 0.878. The molecule has 1 aromatic carbocycles. The Morgan fingerprint density at radius 3 is 3.00 bits per heavy atom. The number of hydrogen-bond acceptors (Lipinski definition) is 3. The molecule has 0 bridgehead atoms. The maximum absolute atomic E-state index is 11.8. The van der Waals surface area contributed by atoms with Crippen LogP contribution in [0, 0.1) is 0 Å². The number of carbonyl (C=O) groups is 1. The predicted octanol–water partition coefficient (Wildman–Crippen LogP) is 2.63. The Kier molecular flexibility index (Phi) is 5.95. The monoisotopic (exact) mass is 316 g/mol. The lowest BCUT2D eigenvalue weighted by Crippen LogP contribution is -2.45. The second kappa shape index (κ2) is 7.72. The van der Waals surface area contributed by atoms with Crippen molar-refractivity contribution in [1.82, 2.24) is 10.6 Å². The van der Waals surface area contributed by atoms with Crippen LogP contribution in [0.3, 0.4) is 0 Å². The predicted molar refractivity (Wildman–Crippen MR) is 80.6 cm³/mol. The molecule has 2 N–H and O–H groups in total. The molecule has 6 heteroatoms. The van der Waals surface area contributed by atoms with Gasteiger partial charge in [-0.05, 0) is 37.6 Å². The van der Waals surface area contributed by atoms with Crippen molar-refractivity contribution in [3.05, 3.63) is 28.2 Å². The van der Waals surface area contributed by atoms with Crippen LogP contribution in [0.15, 0.2) is 18.2 Å². The van der Waals surface area contributed by atoms with E-state index in [4.69, 9.17) is 27.9 Å². The molecule has 0 aromatic heterocycles. The highest BCUT2D eigenvalue weighted by Gasteiger charge is 2.15. The molecule has 1 aromatic rings. The first-order valence-corrected chi connectivity index (χ1v) is 7.48. The number of rotatable bonds is 5. The van der Waals surface area contributed by atoms with E-state index in [1.807, 2.05) is 0 Å². The van der Waals surface area contributed by atoms with E-state index in [1.165, 1.54) is 0 Å². The number of ether oxygens (including phenoxy) is 1. The Labute approximate surface area is 128 Å². The maximum atomic E-state index is 11.8. The lowest BCUT2D eigenvalue weighted by molar-refractivity contribution is -0.122. The van der Waals surface area contributed by atoms with Gasteiger partial charge < -0.3 is 15.4 Å². The van der Waals surface area contributed by atoms with Crippen LogP contribution in [0.2, 0.25) is 10.0 Å². The molecular formula is C14H18Cl2N2O2. The summed E-state index contributed by atoms with van der Waals surface area (Å²) in [5.41, 5.74) is 0. The number of amides is 1. The van der Waals surface area contributed by atoms with E-state index < -0.39 is 0 Å². The Hall–Kier alpha value is -0.970. The van der Waals surface area contributed by atoms with Gasteiger partial charge in [-0.1, -0.05) is 23.2 Å². The lowest BCUT2D eigenvalue weighted by atomic mass is 10.1. The summed E-state index contributed by atoms with van der Waals surface area (Å²) in [7, 11) is 0. The van der Waals surface area contributed by atoms with Crippen molar-refractivity contribution in [3.63, 3.8) is 0 Å². The SMILES string of the molecule is O=C(CCOc1ccc(Cl)cc1Cl)NC1CCCNC1. The van der Waals surface area contributed by atoms with Crippen molar-refractivity contribution in [2.45, 2.75) is 25.3 Å². The molecule has 1 aliphatic heterocycles. The van der Waals surface area contributed by atoms with Crippen molar-refractivity contribution in [2.24, 2.45) is 0 Å². The first kappa shape index (κ1) is 15.4. The molecule has 1 fully saturated rings. The molecule has 1 heterocycles. The molecule has 1 atom stereocenters. The van der Waals surface area contributed by atoms with Gasteiger partial charge in [-0.25, -0.2) is 0 Å². The zero-order valence-corrected chi connectivity index (χ0v) is 12.6. The average Bonchev–Trinajstić information content (AvgIpc) is 2.42. The fourth-order valence-corrected chi connectivity index (χ4v) is 2.58. The van der Waals surface area contributed by atoms with Crippen LogP contribution in [0.1, 0.15) is 19.3 Å². The average molecular weight is 317 g/mol. The van der Waals surface area contributed by atoms with Crippen LogP contribution >= 0.6 is 23.2 Å². The zero-order valence-electron chi connectivity index (χ0n) is 11.1. The van der Waals surface area contributed by atoms with Crippen molar-refractivity contribution in [3.8, 4) is 5.75 Å². The van der Waals surface area contributed by atoms with Gasteiger partial charge in [-0.15, -0.1) is 0 Å². The number of piperidine rings is 1. The fourth-order valence-electron chi connectivity index (χ4n) is 2.12. The molecule has 1 amide bonds. The summed E-state index contributed by atoms with van der Waals surface area (Å²) in [4.78, 5) is 11.8. The highest BCUT2D eigenvalue weighted by Crippen LogP contribution is 2.27. The largest absolute Gasteiger partial charge is 0.491 e. The van der Waals surface area contributed by atoms with Gasteiger partial charge >= 0.3 is 0 Å². The van der Waals surface area contributed by atoms with Gasteiger partial charge in [0.1, 0.15) is 5.75 Å². The number of carbonyl (C=O) groups excluding carboxylic acids is 1. The third-order valence-corrected chi connectivity index (χ3v) is 3.67. The van der Waals surface area contributed by atoms with Crippen molar-refractivity contribution in [2.75, 3.05) is 19.7 Å². The van der Waals surface area contributed by atoms with Gasteiger partial charge in [0.25, 0.3) is 0 Å². The van der Waals surface area contributed by atoms with Crippen LogP contribution in [0.25, 0.3) is 0 Å². The van der Waals surface area contributed by atoms with E-state index in [0.29, 0.717) is 28.8 Å².